The van der Waals surface area contributed by atoms with Crippen LogP contribution in [0, 0.1) is 0 Å². The summed E-state index contributed by atoms with van der Waals surface area (Å²) in [6.45, 7) is 0. The normalized spacial score (nSPS) is 15.9. The highest BCUT2D eigenvalue weighted by Gasteiger charge is 2.35. The van der Waals surface area contributed by atoms with Crippen LogP contribution >= 0.6 is 24.0 Å². The predicted molar refractivity (Wildman–Crippen MR) is 99.4 cm³/mol. The molecule has 1 aliphatic heterocycles. The van der Waals surface area contributed by atoms with Crippen LogP contribution in [0.25, 0.3) is 6.08 Å². The number of anilines is 1. The van der Waals surface area contributed by atoms with E-state index >= 15 is 0 Å². The fourth-order valence-electron chi connectivity index (χ4n) is 2.26. The lowest BCUT2D eigenvalue weighted by Crippen LogP contribution is -2.27. The third-order valence-corrected chi connectivity index (χ3v) is 4.73. The Labute approximate surface area is 149 Å². The van der Waals surface area contributed by atoms with Crippen molar-refractivity contribution in [2.45, 2.75) is 0 Å². The molecule has 1 amide bonds. The molecule has 0 bridgehead atoms. The summed E-state index contributed by atoms with van der Waals surface area (Å²) in [6, 6.07) is 8.92. The van der Waals surface area contributed by atoms with Gasteiger partial charge >= 0.3 is 0 Å². The topological polar surface area (TPSA) is 51.7 Å². The molecular formula is C17H14N2O3S2. The quantitative estimate of drug-likeness (QED) is 0.616. The van der Waals surface area contributed by atoms with E-state index in [0.717, 1.165) is 5.56 Å². The highest BCUT2D eigenvalue weighted by molar-refractivity contribution is 8.27. The number of hydrogen-bond donors (Lipinski definition) is 0. The Kier molecular flexibility index (Phi) is 4.82. The average Bonchev–Trinajstić information content (AvgIpc) is 2.89. The molecule has 0 atom stereocenters. The Morgan fingerprint density at radius 3 is 2.58 bits per heavy atom. The molecule has 7 heteroatoms. The molecule has 1 fully saturated rings. The highest BCUT2D eigenvalue weighted by Crippen LogP contribution is 2.41. The van der Waals surface area contributed by atoms with Crippen molar-refractivity contribution in [3.63, 3.8) is 0 Å². The van der Waals surface area contributed by atoms with Crippen LogP contribution in [0.2, 0.25) is 0 Å². The number of nitrogens with zero attached hydrogens (tertiary/aromatic N) is 2. The van der Waals surface area contributed by atoms with Gasteiger partial charge in [0.25, 0.3) is 5.91 Å². The van der Waals surface area contributed by atoms with Gasteiger partial charge in [0.2, 0.25) is 0 Å². The number of thiocarbonyl (C=S) groups is 1. The van der Waals surface area contributed by atoms with Crippen LogP contribution in [-0.2, 0) is 4.79 Å². The predicted octanol–water partition coefficient (Wildman–Crippen LogP) is 3.50. The van der Waals surface area contributed by atoms with Crippen LogP contribution in [0.15, 0.2) is 47.6 Å². The lowest BCUT2D eigenvalue weighted by atomic mass is 10.2. The summed E-state index contributed by atoms with van der Waals surface area (Å²) in [5.41, 5.74) is 1.49. The van der Waals surface area contributed by atoms with Crippen molar-refractivity contribution >= 4 is 46.0 Å². The van der Waals surface area contributed by atoms with Crippen molar-refractivity contribution in [2.24, 2.45) is 0 Å². The molecule has 2 aromatic rings. The van der Waals surface area contributed by atoms with Gasteiger partial charge in [0.05, 0.1) is 24.8 Å². The van der Waals surface area contributed by atoms with Gasteiger partial charge in [-0.15, -0.1) is 0 Å². The zero-order valence-electron chi connectivity index (χ0n) is 13.1. The number of carbonyl (C=O) groups is 1. The minimum atomic E-state index is -0.176. The summed E-state index contributed by atoms with van der Waals surface area (Å²) in [6.07, 6.45) is 5.16. The van der Waals surface area contributed by atoms with E-state index in [9.17, 15) is 4.79 Å². The monoisotopic (exact) mass is 358 g/mol. The molecule has 0 N–H and O–H groups in total. The van der Waals surface area contributed by atoms with Gasteiger partial charge in [-0.3, -0.25) is 14.7 Å². The fourth-order valence-corrected chi connectivity index (χ4v) is 3.54. The minimum absolute atomic E-state index is 0.176. The molecule has 0 spiro atoms. The summed E-state index contributed by atoms with van der Waals surface area (Å²) >= 11 is 6.65. The van der Waals surface area contributed by atoms with Gasteiger partial charge in [0.15, 0.2) is 4.32 Å². The molecule has 24 heavy (non-hydrogen) atoms. The maximum atomic E-state index is 12.8. The Morgan fingerprint density at radius 1 is 1.17 bits per heavy atom. The highest BCUT2D eigenvalue weighted by atomic mass is 32.2. The molecule has 1 aromatic heterocycles. The fraction of sp³-hybridized carbons (Fsp3) is 0.118. The summed E-state index contributed by atoms with van der Waals surface area (Å²) in [4.78, 5) is 18.8. The molecule has 1 aliphatic rings. The van der Waals surface area contributed by atoms with Gasteiger partial charge in [0.1, 0.15) is 11.5 Å². The second-order valence-corrected chi connectivity index (χ2v) is 6.51. The minimum Gasteiger partial charge on any atom is -0.497 e. The summed E-state index contributed by atoms with van der Waals surface area (Å²) in [5, 5.41) is 0. The van der Waals surface area contributed by atoms with Crippen LogP contribution in [0.4, 0.5) is 5.69 Å². The Balaban J connectivity index is 1.97. The van der Waals surface area contributed by atoms with Crippen LogP contribution in [0.3, 0.4) is 0 Å². The molecule has 0 radical (unpaired) electrons. The largest absolute Gasteiger partial charge is 0.497 e. The molecule has 0 aliphatic carbocycles. The van der Waals surface area contributed by atoms with Crippen molar-refractivity contribution in [1.29, 1.82) is 0 Å². The van der Waals surface area contributed by atoms with Crippen LogP contribution in [-0.4, -0.2) is 29.4 Å². The Hall–Kier alpha value is -2.38. The van der Waals surface area contributed by atoms with Crippen molar-refractivity contribution in [3.8, 4) is 11.5 Å². The van der Waals surface area contributed by atoms with E-state index in [1.807, 2.05) is 12.1 Å². The van der Waals surface area contributed by atoms with Gasteiger partial charge in [-0.2, -0.15) is 0 Å². The molecule has 2 heterocycles. The number of methoxy groups -OCH3 is 2. The molecule has 0 unspecified atom stereocenters. The maximum absolute atomic E-state index is 12.8. The van der Waals surface area contributed by atoms with E-state index in [-0.39, 0.29) is 5.91 Å². The molecular weight excluding hydrogens is 344 g/mol. The lowest BCUT2D eigenvalue weighted by Gasteiger charge is -2.18. The van der Waals surface area contributed by atoms with Crippen molar-refractivity contribution in [2.75, 3.05) is 19.1 Å². The first kappa shape index (κ1) is 16.5. The number of amides is 1. The van der Waals surface area contributed by atoms with Gasteiger partial charge in [-0.05, 0) is 35.9 Å². The van der Waals surface area contributed by atoms with E-state index in [0.29, 0.717) is 26.4 Å². The van der Waals surface area contributed by atoms with E-state index < -0.39 is 0 Å². The van der Waals surface area contributed by atoms with Crippen molar-refractivity contribution in [3.05, 3.63) is 53.2 Å². The number of pyridine rings is 1. The molecule has 0 saturated carbocycles. The molecule has 1 saturated heterocycles. The zero-order chi connectivity index (χ0) is 17.1. The average molecular weight is 358 g/mol. The van der Waals surface area contributed by atoms with Crippen molar-refractivity contribution in [1.82, 2.24) is 4.98 Å². The van der Waals surface area contributed by atoms with Gasteiger partial charge in [-0.25, -0.2) is 0 Å². The maximum Gasteiger partial charge on any atom is 0.270 e. The van der Waals surface area contributed by atoms with E-state index in [4.69, 9.17) is 21.7 Å². The van der Waals surface area contributed by atoms with E-state index in [1.165, 1.54) is 16.7 Å². The van der Waals surface area contributed by atoms with Crippen LogP contribution in [0.5, 0.6) is 11.5 Å². The zero-order valence-corrected chi connectivity index (χ0v) is 14.7. The lowest BCUT2D eigenvalue weighted by molar-refractivity contribution is -0.113. The van der Waals surface area contributed by atoms with Gasteiger partial charge in [0, 0.05) is 18.5 Å². The van der Waals surface area contributed by atoms with E-state index in [1.54, 1.807) is 50.9 Å². The SMILES string of the molecule is COc1ccc(N2C(=O)/C(=C/c3ccncc3)SC2=S)c(OC)c1. The number of benzene rings is 1. The first-order valence-corrected chi connectivity index (χ1v) is 8.26. The number of aromatic nitrogens is 1. The van der Waals surface area contributed by atoms with Gasteiger partial charge < -0.3 is 9.47 Å². The summed E-state index contributed by atoms with van der Waals surface area (Å²) in [5.74, 6) is 0.995. The standard InChI is InChI=1S/C17H14N2O3S2/c1-21-12-3-4-13(14(10-12)22-2)19-16(20)15(24-17(19)23)9-11-5-7-18-8-6-11/h3-10H,1-2H3/b15-9-. The number of thioether (sulfide) groups is 1. The number of rotatable bonds is 4. The molecule has 1 aromatic carbocycles. The van der Waals surface area contributed by atoms with Crippen LogP contribution < -0.4 is 14.4 Å². The Bertz CT molecular complexity index is 822. The summed E-state index contributed by atoms with van der Waals surface area (Å²) in [7, 11) is 3.12. The number of hydrogen-bond acceptors (Lipinski definition) is 6. The number of ether oxygens (including phenoxy) is 2. The first-order chi connectivity index (χ1) is 11.6. The summed E-state index contributed by atoms with van der Waals surface area (Å²) < 4.78 is 11.0. The molecule has 122 valence electrons. The second kappa shape index (κ2) is 7.02. The molecule has 3 rings (SSSR count). The third-order valence-electron chi connectivity index (χ3n) is 3.43. The van der Waals surface area contributed by atoms with Crippen LogP contribution in [0.1, 0.15) is 5.56 Å². The van der Waals surface area contributed by atoms with Gasteiger partial charge in [-0.1, -0.05) is 24.0 Å². The smallest absolute Gasteiger partial charge is 0.270 e. The first-order valence-electron chi connectivity index (χ1n) is 7.04. The number of carbonyl (C=O) groups excluding carboxylic acids is 1. The Morgan fingerprint density at radius 2 is 1.92 bits per heavy atom. The van der Waals surface area contributed by atoms with Crippen molar-refractivity contribution < 1.29 is 14.3 Å². The third kappa shape index (κ3) is 3.13. The van der Waals surface area contributed by atoms with E-state index in [2.05, 4.69) is 4.98 Å². The second-order valence-electron chi connectivity index (χ2n) is 4.84. The molecule has 5 nitrogen and oxygen atoms in total.